The summed E-state index contributed by atoms with van der Waals surface area (Å²) < 4.78 is 10.6. The van der Waals surface area contributed by atoms with Crippen LogP contribution in [0.15, 0.2) is 30.3 Å². The molecule has 0 bridgehead atoms. The minimum absolute atomic E-state index is 0.0646. The molecule has 2 rings (SSSR count). The van der Waals surface area contributed by atoms with Gasteiger partial charge in [-0.3, -0.25) is 5.32 Å². The summed E-state index contributed by atoms with van der Waals surface area (Å²) >= 11 is 0. The van der Waals surface area contributed by atoms with E-state index in [1.54, 1.807) is 0 Å². The lowest BCUT2D eigenvalue weighted by atomic mass is 10.2. The first-order valence-electron chi connectivity index (χ1n) is 4.38. The highest BCUT2D eigenvalue weighted by molar-refractivity contribution is 5.13. The van der Waals surface area contributed by atoms with Crippen LogP contribution in [0.5, 0.6) is 0 Å². The van der Waals surface area contributed by atoms with Gasteiger partial charge in [0.15, 0.2) is 12.5 Å². The Morgan fingerprint density at radius 3 is 2.77 bits per heavy atom. The van der Waals surface area contributed by atoms with Crippen molar-refractivity contribution in [3.63, 3.8) is 0 Å². The maximum Gasteiger partial charge on any atom is 0.199 e. The van der Waals surface area contributed by atoms with E-state index in [-0.39, 0.29) is 12.5 Å². The molecule has 0 amide bonds. The average molecular weight is 179 g/mol. The first kappa shape index (κ1) is 8.69. The molecule has 2 atom stereocenters. The van der Waals surface area contributed by atoms with Gasteiger partial charge in [-0.1, -0.05) is 30.3 Å². The zero-order valence-electron chi connectivity index (χ0n) is 7.57. The molecule has 1 aromatic rings. The summed E-state index contributed by atoms with van der Waals surface area (Å²) in [5.41, 5.74) is 1.17. The van der Waals surface area contributed by atoms with Crippen molar-refractivity contribution in [2.45, 2.75) is 19.1 Å². The van der Waals surface area contributed by atoms with Crippen molar-refractivity contribution >= 4 is 0 Å². The predicted octanol–water partition coefficient (Wildman–Crippen LogP) is 1.10. The van der Waals surface area contributed by atoms with Crippen molar-refractivity contribution in [1.82, 2.24) is 5.32 Å². The molecule has 1 heterocycles. The lowest BCUT2D eigenvalue weighted by Gasteiger charge is -1.99. The van der Waals surface area contributed by atoms with Crippen LogP contribution < -0.4 is 5.32 Å². The van der Waals surface area contributed by atoms with Crippen LogP contribution in [-0.4, -0.2) is 19.6 Å². The lowest BCUT2D eigenvalue weighted by molar-refractivity contribution is 0.0385. The predicted molar refractivity (Wildman–Crippen MR) is 49.0 cm³/mol. The van der Waals surface area contributed by atoms with E-state index in [1.807, 2.05) is 37.4 Å². The van der Waals surface area contributed by atoms with Gasteiger partial charge in [0, 0.05) is 0 Å². The molecular weight excluding hydrogens is 166 g/mol. The van der Waals surface area contributed by atoms with Crippen LogP contribution in [0.2, 0.25) is 0 Å². The Morgan fingerprint density at radius 1 is 1.38 bits per heavy atom. The Labute approximate surface area is 77.7 Å². The van der Waals surface area contributed by atoms with E-state index in [4.69, 9.17) is 9.47 Å². The fraction of sp³-hybridized carbons (Fsp3) is 0.400. The van der Waals surface area contributed by atoms with E-state index >= 15 is 0 Å². The van der Waals surface area contributed by atoms with Gasteiger partial charge in [-0.25, -0.2) is 0 Å². The quantitative estimate of drug-likeness (QED) is 0.703. The number of likely N-dealkylation sites (N-methyl/N-ethyl adjacent to an activating group) is 1. The Bertz CT molecular complexity index is 263. The zero-order valence-corrected chi connectivity index (χ0v) is 7.57. The number of nitrogens with one attached hydrogen (secondary N) is 1. The first-order valence-corrected chi connectivity index (χ1v) is 4.38. The third-order valence-electron chi connectivity index (χ3n) is 1.99. The van der Waals surface area contributed by atoms with E-state index in [0.717, 1.165) is 0 Å². The van der Waals surface area contributed by atoms with Gasteiger partial charge < -0.3 is 9.47 Å². The van der Waals surface area contributed by atoms with Crippen molar-refractivity contribution < 1.29 is 9.47 Å². The van der Waals surface area contributed by atoms with E-state index in [1.165, 1.54) is 5.56 Å². The van der Waals surface area contributed by atoms with Crippen LogP contribution >= 0.6 is 0 Å². The van der Waals surface area contributed by atoms with Crippen molar-refractivity contribution in [2.75, 3.05) is 7.05 Å². The van der Waals surface area contributed by atoms with Gasteiger partial charge >= 0.3 is 0 Å². The van der Waals surface area contributed by atoms with Gasteiger partial charge in [0.2, 0.25) is 0 Å². The summed E-state index contributed by atoms with van der Waals surface area (Å²) in [4.78, 5) is 0. The molecule has 0 radical (unpaired) electrons. The average Bonchev–Trinajstić information content (AvgIpc) is 2.95. The second-order valence-electron chi connectivity index (χ2n) is 3.01. The highest BCUT2D eigenvalue weighted by Crippen LogP contribution is 2.21. The second kappa shape index (κ2) is 3.87. The highest BCUT2D eigenvalue weighted by Gasteiger charge is 2.38. The van der Waals surface area contributed by atoms with E-state index in [2.05, 4.69) is 5.32 Å². The minimum Gasteiger partial charge on any atom is -0.344 e. The summed E-state index contributed by atoms with van der Waals surface area (Å²) in [5.74, 6) is 0. The van der Waals surface area contributed by atoms with Gasteiger partial charge in [0.1, 0.15) is 0 Å². The van der Waals surface area contributed by atoms with Crippen LogP contribution in [-0.2, 0) is 16.1 Å². The number of hydrogen-bond acceptors (Lipinski definition) is 3. The molecule has 0 spiro atoms. The smallest absolute Gasteiger partial charge is 0.199 e. The van der Waals surface area contributed by atoms with Crippen molar-refractivity contribution in [1.29, 1.82) is 0 Å². The van der Waals surface area contributed by atoms with Gasteiger partial charge in [0.25, 0.3) is 0 Å². The number of epoxide rings is 1. The number of hydrogen-bond donors (Lipinski definition) is 1. The fourth-order valence-corrected chi connectivity index (χ4v) is 1.18. The maximum absolute atomic E-state index is 5.46. The van der Waals surface area contributed by atoms with E-state index < -0.39 is 0 Å². The monoisotopic (exact) mass is 179 g/mol. The van der Waals surface area contributed by atoms with Crippen molar-refractivity contribution in [3.8, 4) is 0 Å². The Morgan fingerprint density at radius 2 is 2.15 bits per heavy atom. The molecule has 1 aliphatic heterocycles. The fourth-order valence-electron chi connectivity index (χ4n) is 1.18. The standard InChI is InChI=1S/C10H13NO2/c1-11-9-10(13-9)12-7-8-5-3-2-4-6-8/h2-6,9-11H,7H2,1H3. The van der Waals surface area contributed by atoms with Crippen LogP contribution in [0.3, 0.4) is 0 Å². The van der Waals surface area contributed by atoms with Gasteiger partial charge in [0.05, 0.1) is 6.61 Å². The number of rotatable bonds is 4. The molecule has 1 aliphatic rings. The zero-order chi connectivity index (χ0) is 9.10. The van der Waals surface area contributed by atoms with Gasteiger partial charge in [-0.15, -0.1) is 0 Å². The third-order valence-corrected chi connectivity index (χ3v) is 1.99. The molecule has 1 fully saturated rings. The maximum atomic E-state index is 5.46. The Balaban J connectivity index is 1.75. The van der Waals surface area contributed by atoms with Crippen molar-refractivity contribution in [2.24, 2.45) is 0 Å². The molecule has 0 aromatic heterocycles. The summed E-state index contributed by atoms with van der Waals surface area (Å²) in [6, 6.07) is 10.1. The van der Waals surface area contributed by atoms with Gasteiger partial charge in [-0.05, 0) is 12.6 Å². The Hall–Kier alpha value is -0.900. The normalized spacial score (nSPS) is 25.9. The number of ether oxygens (including phenoxy) is 2. The van der Waals surface area contributed by atoms with Crippen molar-refractivity contribution in [3.05, 3.63) is 35.9 Å². The second-order valence-corrected chi connectivity index (χ2v) is 3.01. The molecule has 1 saturated heterocycles. The lowest BCUT2D eigenvalue weighted by Crippen LogP contribution is -2.14. The van der Waals surface area contributed by atoms with Crippen LogP contribution in [0.4, 0.5) is 0 Å². The topological polar surface area (TPSA) is 33.8 Å². The minimum atomic E-state index is -0.0646. The van der Waals surface area contributed by atoms with E-state index in [9.17, 15) is 0 Å². The van der Waals surface area contributed by atoms with Crippen LogP contribution in [0.1, 0.15) is 5.56 Å². The molecule has 13 heavy (non-hydrogen) atoms. The molecule has 0 saturated carbocycles. The molecule has 0 aliphatic carbocycles. The summed E-state index contributed by atoms with van der Waals surface area (Å²) in [6.45, 7) is 0.615. The summed E-state index contributed by atoms with van der Waals surface area (Å²) in [7, 11) is 1.86. The molecule has 3 heteroatoms. The molecular formula is C10H13NO2. The third kappa shape index (κ3) is 2.28. The molecule has 2 unspecified atom stereocenters. The van der Waals surface area contributed by atoms with Crippen LogP contribution in [0, 0.1) is 0 Å². The molecule has 1 aromatic carbocycles. The molecule has 3 nitrogen and oxygen atoms in total. The Kier molecular flexibility index (Phi) is 2.59. The first-order chi connectivity index (χ1) is 6.40. The SMILES string of the molecule is CNC1OC1OCc1ccccc1. The number of benzene rings is 1. The molecule has 70 valence electrons. The van der Waals surface area contributed by atoms with Crippen LogP contribution in [0.25, 0.3) is 0 Å². The largest absolute Gasteiger partial charge is 0.344 e. The highest BCUT2D eigenvalue weighted by atomic mass is 16.8. The summed E-state index contributed by atoms with van der Waals surface area (Å²) in [6.07, 6.45) is 0.0221. The summed E-state index contributed by atoms with van der Waals surface area (Å²) in [5, 5.41) is 2.98. The van der Waals surface area contributed by atoms with Gasteiger partial charge in [-0.2, -0.15) is 0 Å². The van der Waals surface area contributed by atoms with E-state index in [0.29, 0.717) is 6.61 Å². The molecule has 1 N–H and O–H groups in total.